The van der Waals surface area contributed by atoms with Gasteiger partial charge in [-0.25, -0.2) is 14.1 Å². The van der Waals surface area contributed by atoms with E-state index in [1.807, 2.05) is 13.8 Å². The van der Waals surface area contributed by atoms with E-state index in [4.69, 9.17) is 0 Å². The van der Waals surface area contributed by atoms with Crippen molar-refractivity contribution in [1.82, 2.24) is 24.6 Å². The summed E-state index contributed by atoms with van der Waals surface area (Å²) < 4.78 is 16.7. The molecule has 0 fully saturated rings. The summed E-state index contributed by atoms with van der Waals surface area (Å²) in [7, 11) is 0. The van der Waals surface area contributed by atoms with Crippen molar-refractivity contribution in [1.29, 1.82) is 0 Å². The van der Waals surface area contributed by atoms with Crippen molar-refractivity contribution < 1.29 is 9.18 Å². The van der Waals surface area contributed by atoms with Crippen molar-refractivity contribution in [3.8, 4) is 0 Å². The molecule has 0 saturated heterocycles. The number of rotatable bonds is 6. The number of benzene rings is 1. The number of fused-ring (bicyclic) bond motifs is 1. The zero-order valence-electron chi connectivity index (χ0n) is 14.6. The van der Waals surface area contributed by atoms with Gasteiger partial charge in [0.1, 0.15) is 17.5 Å². The number of hydrogen-bond acceptors (Lipinski definition) is 4. The number of carbonyl (C=O) groups is 1. The Morgan fingerprint density at radius 2 is 2.08 bits per heavy atom. The van der Waals surface area contributed by atoms with E-state index in [-0.39, 0.29) is 29.7 Å². The zero-order chi connectivity index (χ0) is 18.7. The maximum atomic E-state index is 13.8. The molecule has 2 heterocycles. The van der Waals surface area contributed by atoms with Crippen LogP contribution in [0.1, 0.15) is 19.4 Å². The Bertz CT molecular complexity index is 993. The van der Waals surface area contributed by atoms with E-state index < -0.39 is 0 Å². The summed E-state index contributed by atoms with van der Waals surface area (Å²) in [6.45, 7) is 4.54. The first-order chi connectivity index (χ1) is 12.5. The molecule has 7 nitrogen and oxygen atoms in total. The molecule has 0 spiro atoms. The van der Waals surface area contributed by atoms with Crippen LogP contribution >= 0.6 is 0 Å². The van der Waals surface area contributed by atoms with Crippen LogP contribution in [0.15, 0.2) is 41.6 Å². The van der Waals surface area contributed by atoms with E-state index in [0.29, 0.717) is 29.7 Å². The second kappa shape index (κ2) is 7.47. The number of carbonyl (C=O) groups excluding carboxylic acids is 1. The van der Waals surface area contributed by atoms with E-state index >= 15 is 0 Å². The first kappa shape index (κ1) is 17.8. The lowest BCUT2D eigenvalue weighted by Gasteiger charge is -2.09. The molecule has 2 aromatic heterocycles. The van der Waals surface area contributed by atoms with Crippen molar-refractivity contribution in [3.05, 3.63) is 58.5 Å². The van der Waals surface area contributed by atoms with E-state index in [1.165, 1.54) is 23.2 Å². The van der Waals surface area contributed by atoms with Crippen LogP contribution < -0.4 is 10.9 Å². The molecule has 1 amide bonds. The summed E-state index contributed by atoms with van der Waals surface area (Å²) in [5.74, 6) is -0.495. The third-order valence-corrected chi connectivity index (χ3v) is 4.07. The Labute approximate surface area is 149 Å². The van der Waals surface area contributed by atoms with E-state index in [1.54, 1.807) is 22.9 Å². The average molecular weight is 357 g/mol. The molecule has 0 bridgehead atoms. The highest BCUT2D eigenvalue weighted by Gasteiger charge is 2.12. The maximum Gasteiger partial charge on any atom is 0.264 e. The first-order valence-electron chi connectivity index (χ1n) is 8.39. The highest BCUT2D eigenvalue weighted by atomic mass is 19.1. The van der Waals surface area contributed by atoms with Crippen molar-refractivity contribution in [2.75, 3.05) is 6.54 Å². The van der Waals surface area contributed by atoms with Gasteiger partial charge in [-0.3, -0.25) is 14.2 Å². The lowest BCUT2D eigenvalue weighted by molar-refractivity contribution is -0.124. The molecular weight excluding hydrogens is 337 g/mol. The fraction of sp³-hybridized carbons (Fsp3) is 0.333. The minimum absolute atomic E-state index is 0.0401. The van der Waals surface area contributed by atoms with Gasteiger partial charge in [-0.15, -0.1) is 0 Å². The SMILES string of the molecule is CC(C)C(=O)NCCn1ncc2c(=O)n(Cc3ccccc3F)cnc21. The van der Waals surface area contributed by atoms with Gasteiger partial charge in [0, 0.05) is 18.0 Å². The van der Waals surface area contributed by atoms with E-state index in [0.717, 1.165) is 0 Å². The smallest absolute Gasteiger partial charge is 0.264 e. The van der Waals surface area contributed by atoms with Crippen molar-refractivity contribution in [2.24, 2.45) is 5.92 Å². The van der Waals surface area contributed by atoms with Crippen molar-refractivity contribution in [3.63, 3.8) is 0 Å². The van der Waals surface area contributed by atoms with Gasteiger partial charge < -0.3 is 5.32 Å². The highest BCUT2D eigenvalue weighted by Crippen LogP contribution is 2.09. The molecule has 0 atom stereocenters. The van der Waals surface area contributed by atoms with Gasteiger partial charge in [-0.1, -0.05) is 32.0 Å². The third kappa shape index (κ3) is 3.63. The zero-order valence-corrected chi connectivity index (χ0v) is 14.6. The van der Waals surface area contributed by atoms with Crippen LogP contribution in [-0.4, -0.2) is 31.8 Å². The Morgan fingerprint density at radius 3 is 2.81 bits per heavy atom. The number of aromatic nitrogens is 4. The monoisotopic (exact) mass is 357 g/mol. The lowest BCUT2D eigenvalue weighted by atomic mass is 10.2. The number of nitrogens with zero attached hydrogens (tertiary/aromatic N) is 4. The molecule has 1 N–H and O–H groups in total. The van der Waals surface area contributed by atoms with Gasteiger partial charge in [-0.2, -0.15) is 5.10 Å². The summed E-state index contributed by atoms with van der Waals surface area (Å²) in [5.41, 5.74) is 0.578. The van der Waals surface area contributed by atoms with Gasteiger partial charge in [0.2, 0.25) is 5.91 Å². The average Bonchev–Trinajstić information content (AvgIpc) is 3.03. The summed E-state index contributed by atoms with van der Waals surface area (Å²) >= 11 is 0. The topological polar surface area (TPSA) is 81.8 Å². The third-order valence-electron chi connectivity index (χ3n) is 4.07. The minimum Gasteiger partial charge on any atom is -0.354 e. The molecule has 0 saturated carbocycles. The number of hydrogen-bond donors (Lipinski definition) is 1. The van der Waals surface area contributed by atoms with Gasteiger partial charge in [-0.05, 0) is 6.07 Å². The second-order valence-electron chi connectivity index (χ2n) is 6.32. The molecule has 3 rings (SSSR count). The van der Waals surface area contributed by atoms with Crippen LogP contribution in [0.2, 0.25) is 0 Å². The van der Waals surface area contributed by atoms with E-state index in [9.17, 15) is 14.0 Å². The molecule has 0 aliphatic carbocycles. The predicted octanol–water partition coefficient (Wildman–Crippen LogP) is 1.55. The van der Waals surface area contributed by atoms with Gasteiger partial charge in [0.25, 0.3) is 5.56 Å². The molecule has 26 heavy (non-hydrogen) atoms. The second-order valence-corrected chi connectivity index (χ2v) is 6.32. The molecule has 3 aromatic rings. The van der Waals surface area contributed by atoms with Gasteiger partial charge in [0.05, 0.1) is 19.3 Å². The summed E-state index contributed by atoms with van der Waals surface area (Å²) in [5, 5.41) is 7.34. The summed E-state index contributed by atoms with van der Waals surface area (Å²) in [4.78, 5) is 28.5. The Balaban J connectivity index is 1.80. The van der Waals surface area contributed by atoms with Crippen LogP contribution in [-0.2, 0) is 17.9 Å². The van der Waals surface area contributed by atoms with Gasteiger partial charge >= 0.3 is 0 Å². The normalized spacial score (nSPS) is 11.2. The quantitative estimate of drug-likeness (QED) is 0.726. The molecule has 0 aliphatic rings. The molecule has 0 aliphatic heterocycles. The first-order valence-corrected chi connectivity index (χ1v) is 8.39. The van der Waals surface area contributed by atoms with Crippen molar-refractivity contribution >= 4 is 16.9 Å². The molecule has 136 valence electrons. The molecule has 1 aromatic carbocycles. The van der Waals surface area contributed by atoms with Gasteiger partial charge in [0.15, 0.2) is 5.65 Å². The fourth-order valence-electron chi connectivity index (χ4n) is 2.57. The standard InChI is InChI=1S/C18H20FN5O2/c1-12(2)17(25)20-7-8-24-16-14(9-22-24)18(26)23(11-21-16)10-13-5-3-4-6-15(13)19/h3-6,9,11-12H,7-8,10H2,1-2H3,(H,20,25). The van der Waals surface area contributed by atoms with Crippen LogP contribution in [0.4, 0.5) is 4.39 Å². The van der Waals surface area contributed by atoms with Crippen LogP contribution in [0, 0.1) is 11.7 Å². The summed E-state index contributed by atoms with van der Waals surface area (Å²) in [6.07, 6.45) is 2.84. The Morgan fingerprint density at radius 1 is 1.31 bits per heavy atom. The number of amides is 1. The van der Waals surface area contributed by atoms with Crippen LogP contribution in [0.3, 0.4) is 0 Å². The molecular formula is C18H20FN5O2. The number of halogens is 1. The maximum absolute atomic E-state index is 13.8. The largest absolute Gasteiger partial charge is 0.354 e. The Kier molecular flexibility index (Phi) is 5.11. The molecule has 0 unspecified atom stereocenters. The van der Waals surface area contributed by atoms with E-state index in [2.05, 4.69) is 15.4 Å². The van der Waals surface area contributed by atoms with Crippen molar-refractivity contribution in [2.45, 2.75) is 26.9 Å². The fourth-order valence-corrected chi connectivity index (χ4v) is 2.57. The molecule has 8 heteroatoms. The minimum atomic E-state index is -0.365. The molecule has 0 radical (unpaired) electrons. The predicted molar refractivity (Wildman–Crippen MR) is 95.1 cm³/mol. The lowest BCUT2D eigenvalue weighted by Crippen LogP contribution is -2.31. The van der Waals surface area contributed by atoms with Crippen LogP contribution in [0.25, 0.3) is 11.0 Å². The summed E-state index contributed by atoms with van der Waals surface area (Å²) in [6, 6.07) is 6.31. The Hall–Kier alpha value is -3.03. The van der Waals surface area contributed by atoms with Crippen LogP contribution in [0.5, 0.6) is 0 Å². The number of nitrogens with one attached hydrogen (secondary N) is 1. The highest BCUT2D eigenvalue weighted by molar-refractivity contribution is 5.77.